The molecular formula is C13H11F2N. The van der Waals surface area contributed by atoms with Gasteiger partial charge in [0, 0.05) is 11.3 Å². The summed E-state index contributed by atoms with van der Waals surface area (Å²) in [6.45, 7) is 1.67. The van der Waals surface area contributed by atoms with E-state index in [1.54, 1.807) is 31.2 Å². The minimum absolute atomic E-state index is 0.339. The Bertz CT molecular complexity index is 535. The Morgan fingerprint density at radius 3 is 2.31 bits per heavy atom. The molecule has 2 aromatic carbocycles. The molecule has 3 heteroatoms. The molecule has 82 valence electrons. The van der Waals surface area contributed by atoms with Gasteiger partial charge >= 0.3 is 0 Å². The van der Waals surface area contributed by atoms with Crippen molar-refractivity contribution in [3.05, 3.63) is 53.6 Å². The lowest BCUT2D eigenvalue weighted by atomic mass is 10.0. The summed E-state index contributed by atoms with van der Waals surface area (Å²) >= 11 is 0. The molecule has 0 saturated carbocycles. The Morgan fingerprint density at radius 1 is 0.938 bits per heavy atom. The van der Waals surface area contributed by atoms with E-state index in [9.17, 15) is 8.78 Å². The first-order valence-corrected chi connectivity index (χ1v) is 4.89. The van der Waals surface area contributed by atoms with E-state index < -0.39 is 5.82 Å². The van der Waals surface area contributed by atoms with E-state index in [1.165, 1.54) is 12.1 Å². The minimum atomic E-state index is -0.441. The molecule has 0 saturated heterocycles. The zero-order valence-electron chi connectivity index (χ0n) is 8.80. The molecule has 2 aromatic rings. The number of hydrogen-bond donors (Lipinski definition) is 1. The van der Waals surface area contributed by atoms with Crippen LogP contribution in [0.2, 0.25) is 0 Å². The van der Waals surface area contributed by atoms with Crippen LogP contribution in [0, 0.1) is 18.6 Å². The van der Waals surface area contributed by atoms with E-state index >= 15 is 0 Å². The van der Waals surface area contributed by atoms with Crippen LogP contribution in [0.1, 0.15) is 5.56 Å². The zero-order valence-corrected chi connectivity index (χ0v) is 8.80. The van der Waals surface area contributed by atoms with Crippen molar-refractivity contribution in [2.24, 2.45) is 0 Å². The molecule has 0 aromatic heterocycles. The van der Waals surface area contributed by atoms with Gasteiger partial charge in [0.1, 0.15) is 11.6 Å². The van der Waals surface area contributed by atoms with Crippen LogP contribution in [-0.2, 0) is 0 Å². The number of benzene rings is 2. The summed E-state index contributed by atoms with van der Waals surface area (Å²) in [5.74, 6) is -0.781. The van der Waals surface area contributed by atoms with E-state index in [-0.39, 0.29) is 5.82 Å². The number of nitrogens with two attached hydrogens (primary N) is 1. The van der Waals surface area contributed by atoms with Crippen LogP contribution in [-0.4, -0.2) is 0 Å². The van der Waals surface area contributed by atoms with Crippen molar-refractivity contribution in [1.82, 2.24) is 0 Å². The summed E-state index contributed by atoms with van der Waals surface area (Å²) in [5.41, 5.74) is 7.21. The van der Waals surface area contributed by atoms with Crippen molar-refractivity contribution in [3.8, 4) is 11.1 Å². The predicted octanol–water partition coefficient (Wildman–Crippen LogP) is 3.52. The molecule has 0 unspecified atom stereocenters. The largest absolute Gasteiger partial charge is 0.399 e. The first kappa shape index (κ1) is 10.6. The first-order chi connectivity index (χ1) is 7.58. The maximum Gasteiger partial charge on any atom is 0.133 e. The highest BCUT2D eigenvalue weighted by molar-refractivity contribution is 5.66. The van der Waals surface area contributed by atoms with Crippen molar-refractivity contribution < 1.29 is 8.78 Å². The van der Waals surface area contributed by atoms with Gasteiger partial charge in [-0.2, -0.15) is 0 Å². The van der Waals surface area contributed by atoms with Crippen LogP contribution in [0.25, 0.3) is 11.1 Å². The molecule has 0 heterocycles. The second-order valence-electron chi connectivity index (χ2n) is 3.70. The Hall–Kier alpha value is -1.90. The summed E-state index contributed by atoms with van der Waals surface area (Å²) < 4.78 is 26.9. The van der Waals surface area contributed by atoms with Crippen molar-refractivity contribution >= 4 is 5.69 Å². The molecule has 0 aliphatic rings. The van der Waals surface area contributed by atoms with Gasteiger partial charge in [-0.3, -0.25) is 0 Å². The lowest BCUT2D eigenvalue weighted by Gasteiger charge is -2.05. The molecule has 0 atom stereocenters. The Balaban J connectivity index is 2.54. The van der Waals surface area contributed by atoms with E-state index in [2.05, 4.69) is 0 Å². The van der Waals surface area contributed by atoms with Crippen molar-refractivity contribution in [3.63, 3.8) is 0 Å². The van der Waals surface area contributed by atoms with Gasteiger partial charge in [-0.25, -0.2) is 8.78 Å². The third kappa shape index (κ3) is 1.89. The maximum absolute atomic E-state index is 13.6. The molecule has 0 aliphatic heterocycles. The van der Waals surface area contributed by atoms with Crippen molar-refractivity contribution in [2.75, 3.05) is 5.73 Å². The quantitative estimate of drug-likeness (QED) is 0.729. The highest BCUT2D eigenvalue weighted by Crippen LogP contribution is 2.25. The molecule has 0 amide bonds. The Morgan fingerprint density at radius 2 is 1.69 bits per heavy atom. The molecule has 0 bridgehead atoms. The summed E-state index contributed by atoms with van der Waals surface area (Å²) in [6, 6.07) is 9.01. The van der Waals surface area contributed by atoms with Crippen LogP contribution in [0.4, 0.5) is 14.5 Å². The molecular weight excluding hydrogens is 208 g/mol. The lowest BCUT2D eigenvalue weighted by molar-refractivity contribution is 0.617. The van der Waals surface area contributed by atoms with E-state index in [1.807, 2.05) is 0 Å². The van der Waals surface area contributed by atoms with Gasteiger partial charge in [-0.1, -0.05) is 12.1 Å². The fraction of sp³-hybridized carbons (Fsp3) is 0.0769. The van der Waals surface area contributed by atoms with Gasteiger partial charge in [0.05, 0.1) is 0 Å². The third-order valence-corrected chi connectivity index (χ3v) is 2.48. The normalized spacial score (nSPS) is 10.4. The predicted molar refractivity (Wildman–Crippen MR) is 60.9 cm³/mol. The van der Waals surface area contributed by atoms with Crippen LogP contribution >= 0.6 is 0 Å². The lowest BCUT2D eigenvalue weighted by Crippen LogP contribution is -1.90. The van der Waals surface area contributed by atoms with E-state index in [0.717, 1.165) is 0 Å². The minimum Gasteiger partial charge on any atom is -0.399 e. The number of nitrogen functional groups attached to an aromatic ring is 1. The highest BCUT2D eigenvalue weighted by atomic mass is 19.1. The number of aryl methyl sites for hydroxylation is 1. The zero-order chi connectivity index (χ0) is 11.7. The maximum atomic E-state index is 13.6. The second-order valence-corrected chi connectivity index (χ2v) is 3.70. The molecule has 1 nitrogen and oxygen atoms in total. The van der Waals surface area contributed by atoms with Gasteiger partial charge < -0.3 is 5.73 Å². The van der Waals surface area contributed by atoms with Crippen LogP contribution in [0.3, 0.4) is 0 Å². The fourth-order valence-electron chi connectivity index (χ4n) is 1.53. The standard InChI is InChI=1S/C13H11F2N/c1-8-2-3-9(6-12(8)14)11-5-4-10(16)7-13(11)15/h2-7H,16H2,1H3. The molecule has 2 rings (SSSR count). The number of halogens is 2. The van der Waals surface area contributed by atoms with E-state index in [4.69, 9.17) is 5.73 Å². The molecule has 0 fully saturated rings. The summed E-state index contributed by atoms with van der Waals surface area (Å²) in [4.78, 5) is 0. The molecule has 0 spiro atoms. The van der Waals surface area contributed by atoms with Gasteiger partial charge in [0.2, 0.25) is 0 Å². The van der Waals surface area contributed by atoms with Crippen LogP contribution < -0.4 is 5.73 Å². The number of rotatable bonds is 1. The summed E-state index contributed by atoms with van der Waals surface area (Å²) in [6.07, 6.45) is 0. The topological polar surface area (TPSA) is 26.0 Å². The van der Waals surface area contributed by atoms with Crippen LogP contribution in [0.15, 0.2) is 36.4 Å². The average Bonchev–Trinajstić information content (AvgIpc) is 2.22. The number of hydrogen-bond acceptors (Lipinski definition) is 1. The summed E-state index contributed by atoms with van der Waals surface area (Å²) in [7, 11) is 0. The Kier molecular flexibility index (Phi) is 2.60. The molecule has 0 radical (unpaired) electrons. The average molecular weight is 219 g/mol. The Labute approximate surface area is 92.5 Å². The first-order valence-electron chi connectivity index (χ1n) is 4.89. The smallest absolute Gasteiger partial charge is 0.133 e. The fourth-order valence-corrected chi connectivity index (χ4v) is 1.53. The SMILES string of the molecule is Cc1ccc(-c2ccc(N)cc2F)cc1F. The molecule has 2 N–H and O–H groups in total. The van der Waals surface area contributed by atoms with Crippen molar-refractivity contribution in [1.29, 1.82) is 0 Å². The van der Waals surface area contributed by atoms with Crippen molar-refractivity contribution in [2.45, 2.75) is 6.92 Å². The molecule has 16 heavy (non-hydrogen) atoms. The summed E-state index contributed by atoms with van der Waals surface area (Å²) in [5, 5.41) is 0. The van der Waals surface area contributed by atoms with Crippen LogP contribution in [0.5, 0.6) is 0 Å². The third-order valence-electron chi connectivity index (χ3n) is 2.48. The monoisotopic (exact) mass is 219 g/mol. The van der Waals surface area contributed by atoms with Gasteiger partial charge in [-0.15, -0.1) is 0 Å². The van der Waals surface area contributed by atoms with E-state index in [0.29, 0.717) is 22.4 Å². The van der Waals surface area contributed by atoms with Gasteiger partial charge in [0.15, 0.2) is 0 Å². The van der Waals surface area contributed by atoms with Gasteiger partial charge in [0.25, 0.3) is 0 Å². The highest BCUT2D eigenvalue weighted by Gasteiger charge is 2.07. The molecule has 0 aliphatic carbocycles. The second kappa shape index (κ2) is 3.93. The van der Waals surface area contributed by atoms with Gasteiger partial charge in [-0.05, 0) is 42.3 Å². The number of anilines is 1.